The predicted molar refractivity (Wildman–Crippen MR) is 94.0 cm³/mol. The Morgan fingerprint density at radius 1 is 1.26 bits per heavy atom. The Bertz CT molecular complexity index is 913. The van der Waals surface area contributed by atoms with Gasteiger partial charge in [0.15, 0.2) is 0 Å². The van der Waals surface area contributed by atoms with E-state index >= 15 is 0 Å². The number of nitrogens with one attached hydrogen (secondary N) is 2. The van der Waals surface area contributed by atoms with E-state index in [1.54, 1.807) is 0 Å². The lowest BCUT2D eigenvalue weighted by Gasteiger charge is -2.15. The van der Waals surface area contributed by atoms with Crippen LogP contribution in [0.25, 0.3) is 0 Å². The van der Waals surface area contributed by atoms with Crippen molar-refractivity contribution in [3.63, 3.8) is 0 Å². The fraction of sp³-hybridized carbons (Fsp3) is 0.167. The number of hydrogen-bond acceptors (Lipinski definition) is 6. The van der Waals surface area contributed by atoms with Gasteiger partial charge in [-0.25, -0.2) is 5.43 Å². The molecule has 0 aromatic heterocycles. The van der Waals surface area contributed by atoms with Gasteiger partial charge in [-0.15, -0.1) is 5.75 Å². The largest absolute Gasteiger partial charge is 0.872 e. The van der Waals surface area contributed by atoms with E-state index in [-0.39, 0.29) is 17.2 Å². The maximum absolute atomic E-state index is 12.4. The molecule has 1 heterocycles. The Hall–Kier alpha value is -3.75. The van der Waals surface area contributed by atoms with E-state index in [4.69, 9.17) is 0 Å². The maximum atomic E-state index is 12.4. The van der Waals surface area contributed by atoms with Gasteiger partial charge in [0.2, 0.25) is 5.91 Å². The SMILES string of the molecule is O=C1NC[C@H](c2ccccc2)[C@H]1C(=O)N/N=C/c1cc([O-])ccc1[N+](=O)[O-]. The highest BCUT2D eigenvalue weighted by atomic mass is 16.6. The van der Waals surface area contributed by atoms with Crippen LogP contribution in [-0.2, 0) is 9.59 Å². The van der Waals surface area contributed by atoms with Crippen LogP contribution in [0.4, 0.5) is 5.69 Å². The van der Waals surface area contributed by atoms with Crippen molar-refractivity contribution in [2.24, 2.45) is 11.0 Å². The van der Waals surface area contributed by atoms with E-state index in [9.17, 15) is 24.8 Å². The Balaban J connectivity index is 1.75. The van der Waals surface area contributed by atoms with Crippen LogP contribution >= 0.6 is 0 Å². The summed E-state index contributed by atoms with van der Waals surface area (Å²) in [5.74, 6) is -2.77. The Labute approximate surface area is 153 Å². The summed E-state index contributed by atoms with van der Waals surface area (Å²) in [4.78, 5) is 34.8. The van der Waals surface area contributed by atoms with Crippen LogP contribution in [0.5, 0.6) is 5.75 Å². The molecular weight excluding hydrogens is 352 g/mol. The minimum atomic E-state index is -0.967. The number of benzene rings is 2. The lowest BCUT2D eigenvalue weighted by molar-refractivity contribution is -0.385. The van der Waals surface area contributed by atoms with Crippen molar-refractivity contribution in [3.8, 4) is 5.75 Å². The predicted octanol–water partition coefficient (Wildman–Crippen LogP) is 0.648. The lowest BCUT2D eigenvalue weighted by Crippen LogP contribution is -2.34. The first-order valence-corrected chi connectivity index (χ1v) is 8.08. The Morgan fingerprint density at radius 3 is 2.70 bits per heavy atom. The monoisotopic (exact) mass is 367 g/mol. The average Bonchev–Trinajstić information content (AvgIpc) is 3.04. The first kappa shape index (κ1) is 18.1. The first-order chi connectivity index (χ1) is 13.0. The minimum absolute atomic E-state index is 0.0386. The van der Waals surface area contributed by atoms with Crippen LogP contribution in [0.3, 0.4) is 0 Å². The van der Waals surface area contributed by atoms with Gasteiger partial charge in [-0.3, -0.25) is 19.7 Å². The summed E-state index contributed by atoms with van der Waals surface area (Å²) < 4.78 is 0. The molecule has 0 radical (unpaired) electrons. The highest BCUT2D eigenvalue weighted by molar-refractivity contribution is 6.03. The van der Waals surface area contributed by atoms with Gasteiger partial charge in [0.1, 0.15) is 5.92 Å². The summed E-state index contributed by atoms with van der Waals surface area (Å²) in [5, 5.41) is 28.7. The molecular formula is C18H15N4O5-. The van der Waals surface area contributed by atoms with Crippen molar-refractivity contribution in [1.82, 2.24) is 10.7 Å². The van der Waals surface area contributed by atoms with E-state index in [0.29, 0.717) is 6.54 Å². The highest BCUT2D eigenvalue weighted by Gasteiger charge is 2.40. The Morgan fingerprint density at radius 2 is 2.00 bits per heavy atom. The fourth-order valence-electron chi connectivity index (χ4n) is 2.97. The summed E-state index contributed by atoms with van der Waals surface area (Å²) >= 11 is 0. The first-order valence-electron chi connectivity index (χ1n) is 8.08. The van der Waals surface area contributed by atoms with Gasteiger partial charge in [0, 0.05) is 18.5 Å². The number of amides is 2. The quantitative estimate of drug-likeness (QED) is 0.346. The van der Waals surface area contributed by atoms with Gasteiger partial charge >= 0.3 is 0 Å². The van der Waals surface area contributed by atoms with Crippen molar-refractivity contribution < 1.29 is 19.6 Å². The summed E-state index contributed by atoms with van der Waals surface area (Å²) in [6.07, 6.45) is 1.02. The molecule has 0 bridgehead atoms. The van der Waals surface area contributed by atoms with E-state index in [0.717, 1.165) is 30.0 Å². The van der Waals surface area contributed by atoms with Crippen LogP contribution in [0.1, 0.15) is 17.0 Å². The Kier molecular flexibility index (Phi) is 5.11. The molecule has 2 amide bonds. The molecule has 1 fully saturated rings. The second-order valence-electron chi connectivity index (χ2n) is 5.95. The summed E-state index contributed by atoms with van der Waals surface area (Å²) in [5.41, 5.74) is 2.73. The van der Waals surface area contributed by atoms with Crippen LogP contribution in [0, 0.1) is 16.0 Å². The third kappa shape index (κ3) is 3.92. The standard InChI is InChI=1S/C18H16N4O5/c23-13-6-7-15(22(26)27)12(8-13)9-20-21-18(25)16-14(10-19-17(16)24)11-4-2-1-3-5-11/h1-9,14,16,23H,10H2,(H,19,24)(H,21,25)/p-1/b20-9+/t14-,16-/m1/s1. The van der Waals surface area contributed by atoms with Crippen LogP contribution in [0.2, 0.25) is 0 Å². The van der Waals surface area contributed by atoms with Gasteiger partial charge in [-0.2, -0.15) is 5.10 Å². The molecule has 1 saturated heterocycles. The van der Waals surface area contributed by atoms with Crippen molar-refractivity contribution >= 4 is 23.7 Å². The van der Waals surface area contributed by atoms with Crippen molar-refractivity contribution in [3.05, 3.63) is 69.8 Å². The number of hydrazone groups is 1. The topological polar surface area (TPSA) is 137 Å². The molecule has 0 aliphatic carbocycles. The maximum Gasteiger partial charge on any atom is 0.278 e. The van der Waals surface area contributed by atoms with Crippen molar-refractivity contribution in [1.29, 1.82) is 0 Å². The molecule has 2 aromatic carbocycles. The van der Waals surface area contributed by atoms with Crippen molar-refractivity contribution in [2.45, 2.75) is 5.92 Å². The molecule has 27 heavy (non-hydrogen) atoms. The number of rotatable bonds is 5. The van der Waals surface area contributed by atoms with Gasteiger partial charge in [0.25, 0.3) is 11.6 Å². The van der Waals surface area contributed by atoms with Crippen LogP contribution in [0.15, 0.2) is 53.6 Å². The van der Waals surface area contributed by atoms with Gasteiger partial charge in [-0.1, -0.05) is 42.5 Å². The van der Waals surface area contributed by atoms with Crippen LogP contribution < -0.4 is 15.8 Å². The van der Waals surface area contributed by atoms with E-state index < -0.39 is 28.4 Å². The smallest absolute Gasteiger partial charge is 0.278 e. The van der Waals surface area contributed by atoms with Crippen molar-refractivity contribution in [2.75, 3.05) is 6.54 Å². The van der Waals surface area contributed by atoms with E-state index in [1.807, 2.05) is 30.3 Å². The van der Waals surface area contributed by atoms with Gasteiger partial charge in [-0.05, 0) is 5.56 Å². The normalized spacial score (nSPS) is 19.0. The molecule has 0 unspecified atom stereocenters. The molecule has 138 valence electrons. The van der Waals surface area contributed by atoms with E-state index in [1.165, 1.54) is 0 Å². The molecule has 9 nitrogen and oxygen atoms in total. The summed E-state index contributed by atoms with van der Waals surface area (Å²) in [6.45, 7) is 0.328. The zero-order valence-corrected chi connectivity index (χ0v) is 14.0. The highest BCUT2D eigenvalue weighted by Crippen LogP contribution is 2.29. The third-order valence-electron chi connectivity index (χ3n) is 4.27. The number of carbonyl (C=O) groups is 2. The second-order valence-corrected chi connectivity index (χ2v) is 5.95. The molecule has 2 atom stereocenters. The van der Waals surface area contributed by atoms with Gasteiger partial charge in [0.05, 0.1) is 16.7 Å². The minimum Gasteiger partial charge on any atom is -0.872 e. The molecule has 2 N–H and O–H groups in total. The summed E-state index contributed by atoms with van der Waals surface area (Å²) in [6, 6.07) is 12.3. The second kappa shape index (κ2) is 7.65. The number of nitro benzene ring substituents is 1. The zero-order chi connectivity index (χ0) is 19.4. The molecule has 0 saturated carbocycles. The number of hydrogen-bond donors (Lipinski definition) is 2. The molecule has 1 aliphatic rings. The number of nitro groups is 1. The van der Waals surface area contributed by atoms with E-state index in [2.05, 4.69) is 15.8 Å². The van der Waals surface area contributed by atoms with Crippen LogP contribution in [-0.4, -0.2) is 29.5 Å². The third-order valence-corrected chi connectivity index (χ3v) is 4.27. The number of nitrogens with zero attached hydrogens (tertiary/aromatic N) is 2. The molecule has 1 aliphatic heterocycles. The number of carbonyl (C=O) groups excluding carboxylic acids is 2. The molecule has 2 aromatic rings. The molecule has 0 spiro atoms. The average molecular weight is 367 g/mol. The summed E-state index contributed by atoms with van der Waals surface area (Å²) in [7, 11) is 0. The van der Waals surface area contributed by atoms with Gasteiger partial charge < -0.3 is 10.4 Å². The zero-order valence-electron chi connectivity index (χ0n) is 14.0. The molecule has 3 rings (SSSR count). The fourth-order valence-corrected chi connectivity index (χ4v) is 2.97. The molecule has 9 heteroatoms. The lowest BCUT2D eigenvalue weighted by atomic mass is 9.88.